The summed E-state index contributed by atoms with van der Waals surface area (Å²) in [5, 5.41) is 6.27. The lowest BCUT2D eigenvalue weighted by Gasteiger charge is -2.32. The van der Waals surface area contributed by atoms with Crippen LogP contribution in [0.4, 0.5) is 17.2 Å². The third-order valence-corrected chi connectivity index (χ3v) is 9.85. The molecule has 1 fully saturated rings. The number of likely N-dealkylation sites (N-methyl/N-ethyl adjacent to an activating group) is 1. The molecule has 9 nitrogen and oxygen atoms in total. The SMILES string of the molecule is Cc1c(NC(=O)c2cc3c(s2)CCCCC3)cccc1-c1cc(Nc2ccc(C(=O)N3CCN(C)CC3)cn2)c(=O)n(C)c1. The molecule has 44 heavy (non-hydrogen) atoms. The van der Waals surface area contributed by atoms with Gasteiger partial charge in [-0.15, -0.1) is 11.3 Å². The van der Waals surface area contributed by atoms with Gasteiger partial charge in [-0.25, -0.2) is 4.98 Å². The molecular formula is C34H38N6O3S. The standard InChI is InChI=1S/C34H38N6O3S/c1-22-26(9-7-10-27(22)37-32(41)30-19-23-8-5-4-6-11-29(23)44-30)25-18-28(34(43)39(3)21-25)36-31-13-12-24(20-35-31)33(42)40-16-14-38(2)15-17-40/h7,9-10,12-13,18-21H,4-6,8,11,14-17H2,1-3H3,(H,35,36)(H,37,41). The number of rotatable bonds is 6. The minimum absolute atomic E-state index is 0.0355. The van der Waals surface area contributed by atoms with Gasteiger partial charge in [0, 0.05) is 61.7 Å². The Hall–Kier alpha value is -4.28. The van der Waals surface area contributed by atoms with Crippen LogP contribution in [0.5, 0.6) is 0 Å². The lowest BCUT2D eigenvalue weighted by Crippen LogP contribution is -2.47. The van der Waals surface area contributed by atoms with Crippen molar-refractivity contribution in [2.45, 2.75) is 39.0 Å². The molecule has 0 bridgehead atoms. The first kappa shape index (κ1) is 29.8. The molecule has 2 amide bonds. The molecule has 0 atom stereocenters. The maximum atomic E-state index is 13.3. The maximum Gasteiger partial charge on any atom is 0.274 e. The van der Waals surface area contributed by atoms with E-state index in [-0.39, 0.29) is 17.4 Å². The summed E-state index contributed by atoms with van der Waals surface area (Å²) in [6, 6.07) is 13.1. The Morgan fingerprint density at radius 1 is 0.932 bits per heavy atom. The van der Waals surface area contributed by atoms with E-state index < -0.39 is 0 Å². The Bertz CT molecular complexity index is 1730. The van der Waals surface area contributed by atoms with Crippen molar-refractivity contribution in [1.82, 2.24) is 19.4 Å². The summed E-state index contributed by atoms with van der Waals surface area (Å²) in [6.07, 6.45) is 9.06. The van der Waals surface area contributed by atoms with E-state index in [9.17, 15) is 14.4 Å². The molecule has 1 saturated heterocycles. The van der Waals surface area contributed by atoms with Gasteiger partial charge in [-0.3, -0.25) is 14.4 Å². The van der Waals surface area contributed by atoms with Crippen LogP contribution in [0.15, 0.2) is 59.7 Å². The van der Waals surface area contributed by atoms with Gasteiger partial charge in [0.2, 0.25) is 0 Å². The normalized spacial score (nSPS) is 15.4. The highest BCUT2D eigenvalue weighted by Gasteiger charge is 2.21. The lowest BCUT2D eigenvalue weighted by atomic mass is 10.00. The predicted molar refractivity (Wildman–Crippen MR) is 176 cm³/mol. The number of anilines is 3. The van der Waals surface area contributed by atoms with Crippen LogP contribution in [-0.4, -0.2) is 64.4 Å². The number of nitrogens with zero attached hydrogens (tertiary/aromatic N) is 4. The molecule has 1 aliphatic carbocycles. The minimum atomic E-state index is -0.201. The fourth-order valence-corrected chi connectivity index (χ4v) is 7.07. The first-order chi connectivity index (χ1) is 21.3. The number of benzene rings is 1. The van der Waals surface area contributed by atoms with Crippen LogP contribution in [0, 0.1) is 6.92 Å². The van der Waals surface area contributed by atoms with Crippen molar-refractivity contribution in [3.05, 3.63) is 91.7 Å². The van der Waals surface area contributed by atoms with Gasteiger partial charge < -0.3 is 25.0 Å². The molecule has 6 rings (SSSR count). The number of hydrogen-bond acceptors (Lipinski definition) is 7. The molecule has 228 valence electrons. The topological polar surface area (TPSA) is 99.6 Å². The summed E-state index contributed by atoms with van der Waals surface area (Å²) in [5.41, 5.74) is 5.39. The van der Waals surface area contributed by atoms with E-state index in [0.717, 1.165) is 53.2 Å². The van der Waals surface area contributed by atoms with Gasteiger partial charge >= 0.3 is 0 Å². The van der Waals surface area contributed by atoms with Crippen LogP contribution >= 0.6 is 11.3 Å². The highest BCUT2D eigenvalue weighted by Crippen LogP contribution is 2.32. The second kappa shape index (κ2) is 12.8. The monoisotopic (exact) mass is 610 g/mol. The first-order valence-corrected chi connectivity index (χ1v) is 16.0. The fraction of sp³-hybridized carbons (Fsp3) is 0.353. The number of thiophene rings is 1. The third kappa shape index (κ3) is 6.32. The number of carbonyl (C=O) groups excluding carboxylic acids is 2. The summed E-state index contributed by atoms with van der Waals surface area (Å²) in [5.74, 6) is 0.347. The number of amides is 2. The Morgan fingerprint density at radius 2 is 1.73 bits per heavy atom. The molecule has 3 aromatic heterocycles. The van der Waals surface area contributed by atoms with E-state index in [1.165, 1.54) is 34.3 Å². The van der Waals surface area contributed by atoms with Crippen LogP contribution < -0.4 is 16.2 Å². The van der Waals surface area contributed by atoms with Crippen molar-refractivity contribution in [2.75, 3.05) is 43.9 Å². The largest absolute Gasteiger partial charge is 0.336 e. The van der Waals surface area contributed by atoms with Crippen LogP contribution in [-0.2, 0) is 19.9 Å². The average Bonchev–Trinajstić information content (AvgIpc) is 3.31. The summed E-state index contributed by atoms with van der Waals surface area (Å²) >= 11 is 1.61. The minimum Gasteiger partial charge on any atom is -0.336 e. The zero-order chi connectivity index (χ0) is 30.8. The van der Waals surface area contributed by atoms with Crippen molar-refractivity contribution in [3.63, 3.8) is 0 Å². The molecule has 0 unspecified atom stereocenters. The molecule has 2 N–H and O–H groups in total. The zero-order valence-corrected chi connectivity index (χ0v) is 26.3. The van der Waals surface area contributed by atoms with Gasteiger partial charge in [0.25, 0.3) is 17.4 Å². The van der Waals surface area contributed by atoms with Crippen molar-refractivity contribution in [2.24, 2.45) is 7.05 Å². The second-order valence-corrected chi connectivity index (χ2v) is 12.9. The molecule has 4 heterocycles. The van der Waals surface area contributed by atoms with E-state index >= 15 is 0 Å². The van der Waals surface area contributed by atoms with E-state index in [0.29, 0.717) is 30.2 Å². The highest BCUT2D eigenvalue weighted by molar-refractivity contribution is 7.14. The summed E-state index contributed by atoms with van der Waals surface area (Å²) in [7, 11) is 3.77. The smallest absolute Gasteiger partial charge is 0.274 e. The Labute approximate surface area is 261 Å². The molecule has 1 aromatic carbocycles. The van der Waals surface area contributed by atoms with Crippen LogP contribution in [0.25, 0.3) is 11.1 Å². The number of hydrogen-bond donors (Lipinski definition) is 2. The van der Waals surface area contributed by atoms with Crippen LogP contribution in [0.1, 0.15) is 55.3 Å². The molecule has 0 saturated carbocycles. The third-order valence-electron chi connectivity index (χ3n) is 8.61. The fourth-order valence-electron chi connectivity index (χ4n) is 5.92. The van der Waals surface area contributed by atoms with Gasteiger partial charge in [-0.05, 0) is 86.7 Å². The van der Waals surface area contributed by atoms with E-state index in [2.05, 4.69) is 33.6 Å². The van der Waals surface area contributed by atoms with Crippen molar-refractivity contribution >= 4 is 40.3 Å². The van der Waals surface area contributed by atoms with E-state index in [4.69, 9.17) is 0 Å². The van der Waals surface area contributed by atoms with Gasteiger partial charge in [0.05, 0.1) is 10.4 Å². The predicted octanol–water partition coefficient (Wildman–Crippen LogP) is 5.47. The first-order valence-electron chi connectivity index (χ1n) is 15.2. The summed E-state index contributed by atoms with van der Waals surface area (Å²) < 4.78 is 1.53. The second-order valence-electron chi connectivity index (χ2n) is 11.8. The van der Waals surface area contributed by atoms with E-state index in [1.807, 2.05) is 30.0 Å². The van der Waals surface area contributed by atoms with E-state index in [1.54, 1.807) is 49.0 Å². The van der Waals surface area contributed by atoms with Crippen molar-refractivity contribution in [1.29, 1.82) is 0 Å². The Kier molecular flexibility index (Phi) is 8.63. The zero-order valence-electron chi connectivity index (χ0n) is 25.5. The number of pyridine rings is 2. The number of piperazine rings is 1. The number of carbonyl (C=O) groups is 2. The highest BCUT2D eigenvalue weighted by atomic mass is 32.1. The summed E-state index contributed by atoms with van der Waals surface area (Å²) in [6.45, 7) is 5.06. The number of nitrogens with one attached hydrogen (secondary N) is 2. The number of aromatic nitrogens is 2. The van der Waals surface area contributed by atoms with Crippen LogP contribution in [0.2, 0.25) is 0 Å². The molecule has 1 aliphatic heterocycles. The van der Waals surface area contributed by atoms with Crippen LogP contribution in [0.3, 0.4) is 0 Å². The van der Waals surface area contributed by atoms with Crippen molar-refractivity contribution in [3.8, 4) is 11.1 Å². The maximum absolute atomic E-state index is 13.3. The Balaban J connectivity index is 1.20. The van der Waals surface area contributed by atoms with Crippen molar-refractivity contribution < 1.29 is 9.59 Å². The quantitative estimate of drug-likeness (QED) is 0.281. The van der Waals surface area contributed by atoms with Gasteiger partial charge in [0.1, 0.15) is 11.5 Å². The number of fused-ring (bicyclic) bond motifs is 1. The summed E-state index contributed by atoms with van der Waals surface area (Å²) in [4.78, 5) is 49.8. The molecule has 0 spiro atoms. The van der Waals surface area contributed by atoms with Gasteiger partial charge in [0.15, 0.2) is 0 Å². The lowest BCUT2D eigenvalue weighted by molar-refractivity contribution is 0.0663. The Morgan fingerprint density at radius 3 is 2.50 bits per heavy atom. The molecule has 10 heteroatoms. The molecular weight excluding hydrogens is 572 g/mol. The molecule has 2 aliphatic rings. The molecule has 4 aromatic rings. The number of aryl methyl sites for hydroxylation is 3. The average molecular weight is 611 g/mol. The van der Waals surface area contributed by atoms with Gasteiger partial charge in [-0.1, -0.05) is 18.6 Å². The van der Waals surface area contributed by atoms with Gasteiger partial charge in [-0.2, -0.15) is 0 Å². The molecule has 0 radical (unpaired) electrons.